The number of thiol groups is 1. The third kappa shape index (κ3) is 5.48. The lowest BCUT2D eigenvalue weighted by atomic mass is 10.5. The van der Waals surface area contributed by atoms with Crippen LogP contribution in [0.15, 0.2) is 0 Å². The van der Waals surface area contributed by atoms with E-state index in [4.69, 9.17) is 14.9 Å². The van der Waals surface area contributed by atoms with E-state index in [1.807, 2.05) is 13.8 Å². The Hall–Kier alpha value is 1.04. The Balaban J connectivity index is 3.50. The van der Waals surface area contributed by atoms with Crippen molar-refractivity contribution in [2.45, 2.75) is 20.0 Å². The van der Waals surface area contributed by atoms with Gasteiger partial charge in [0.2, 0.25) is 10.7 Å². The second-order valence-corrected chi connectivity index (χ2v) is 5.24. The first kappa shape index (κ1) is 10.0. The molecule has 0 saturated carbocycles. The van der Waals surface area contributed by atoms with Crippen LogP contribution in [0.1, 0.15) is 13.8 Å². The zero-order chi connectivity index (χ0) is 7.44. The smallest absolute Gasteiger partial charge is 0.145 e. The minimum absolute atomic E-state index is 0.107. The third-order valence-electron chi connectivity index (χ3n) is 0.414. The van der Waals surface area contributed by atoms with Crippen LogP contribution in [0.4, 0.5) is 0 Å². The molecule has 0 N–H and O–H groups in total. The molecule has 0 rings (SSSR count). The van der Waals surface area contributed by atoms with Gasteiger partial charge in [-0.05, 0) is 26.1 Å². The van der Waals surface area contributed by atoms with Crippen molar-refractivity contribution in [1.29, 1.82) is 0 Å². The van der Waals surface area contributed by atoms with E-state index in [0.29, 0.717) is 3.53 Å². The predicted molar refractivity (Wildman–Crippen MR) is 51.0 cm³/mol. The maximum Gasteiger partial charge on any atom is 0.321 e. The predicted octanol–water partition coefficient (Wildman–Crippen LogP) is 2.31. The van der Waals surface area contributed by atoms with Gasteiger partial charge in [-0.1, -0.05) is 12.6 Å². The number of rotatable bonds is 2. The summed E-state index contributed by atoms with van der Waals surface area (Å²) in [6.07, 6.45) is 0.107. The number of thiocarbonyl (C=S) groups is 1. The van der Waals surface area contributed by atoms with E-state index >= 15 is 0 Å². The zero-order valence-corrected chi connectivity index (χ0v) is 8.41. The van der Waals surface area contributed by atoms with Crippen LogP contribution in [0.2, 0.25) is 0 Å². The quantitative estimate of drug-likeness (QED) is 0.419. The first-order valence-electron chi connectivity index (χ1n) is 2.34. The van der Waals surface area contributed by atoms with Gasteiger partial charge in [0, 0.05) is 0 Å². The number of hydrogen-bond donors (Lipinski definition) is 1. The highest BCUT2D eigenvalue weighted by molar-refractivity contribution is 8.47. The van der Waals surface area contributed by atoms with Gasteiger partial charge >= 0.3 is 13.9 Å². The fraction of sp³-hybridized carbons (Fsp3) is 0.750. The fourth-order valence-electron chi connectivity index (χ4n) is 0.210. The van der Waals surface area contributed by atoms with Crippen molar-refractivity contribution in [3.05, 3.63) is 0 Å². The summed E-state index contributed by atoms with van der Waals surface area (Å²) in [6.45, 7) is 3.79. The third-order valence-corrected chi connectivity index (χ3v) is 3.47. The molecule has 0 aromatic heterocycles. The second kappa shape index (κ2) is 4.79. The summed E-state index contributed by atoms with van der Waals surface area (Å²) >= 11 is 8.51. The summed E-state index contributed by atoms with van der Waals surface area (Å²) in [5.41, 5.74) is 0. The summed E-state index contributed by atoms with van der Waals surface area (Å²) in [4.78, 5) is 0. The van der Waals surface area contributed by atoms with Crippen LogP contribution in [0.25, 0.3) is 0 Å². The lowest BCUT2D eigenvalue weighted by Gasteiger charge is -1.97. The van der Waals surface area contributed by atoms with Crippen LogP contribution in [-0.2, 0) is 14.6 Å². The van der Waals surface area contributed by atoms with Crippen molar-refractivity contribution in [2.75, 3.05) is 0 Å². The van der Waals surface area contributed by atoms with E-state index < -0.39 is 10.4 Å². The minimum Gasteiger partial charge on any atom is -0.145 e. The zero-order valence-electron chi connectivity index (χ0n) is 5.13. The van der Waals surface area contributed by atoms with Gasteiger partial charge in [0.05, 0.1) is 0 Å². The van der Waals surface area contributed by atoms with Crippen molar-refractivity contribution in [1.82, 2.24) is 0 Å². The van der Waals surface area contributed by atoms with Gasteiger partial charge in [0.25, 0.3) is 0 Å². The van der Waals surface area contributed by atoms with Gasteiger partial charge in [-0.15, -0.1) is 4.18 Å². The van der Waals surface area contributed by atoms with Crippen molar-refractivity contribution < 1.29 is 4.18 Å². The summed E-state index contributed by atoms with van der Waals surface area (Å²) in [6, 6.07) is 0. The Morgan fingerprint density at radius 3 is 2.33 bits per heavy atom. The second-order valence-electron chi connectivity index (χ2n) is 1.63. The average molecular weight is 204 g/mol. The number of halogens is 1. The molecule has 0 radical (unpaired) electrons. The molecule has 0 saturated heterocycles. The largest absolute Gasteiger partial charge is 0.321 e. The monoisotopic (exact) mass is 203 g/mol. The molecule has 0 bridgehead atoms. The van der Waals surface area contributed by atoms with Gasteiger partial charge in [-0.2, -0.15) is 0 Å². The maximum atomic E-state index is 5.60. The Morgan fingerprint density at radius 1 is 1.78 bits per heavy atom. The summed E-state index contributed by atoms with van der Waals surface area (Å²) < 4.78 is 5.49. The fourth-order valence-corrected chi connectivity index (χ4v) is 1.31. The van der Waals surface area contributed by atoms with E-state index in [1.54, 1.807) is 0 Å². The highest BCUT2D eigenvalue weighted by Crippen LogP contribution is 2.13. The molecule has 9 heavy (non-hydrogen) atoms. The highest BCUT2D eigenvalue weighted by Gasteiger charge is 2.24. The Kier molecular flexibility index (Phi) is 5.35. The Bertz CT molecular complexity index is 106. The van der Waals surface area contributed by atoms with Crippen molar-refractivity contribution >= 4 is 49.4 Å². The van der Waals surface area contributed by atoms with E-state index in [0.717, 1.165) is 0 Å². The first-order chi connectivity index (χ1) is 4.04. The van der Waals surface area contributed by atoms with Gasteiger partial charge in [0.1, 0.15) is 6.10 Å². The summed E-state index contributed by atoms with van der Waals surface area (Å²) in [7, 11) is 4.81. The normalized spacial score (nSPS) is 13.9. The molecule has 1 atom stereocenters. The van der Waals surface area contributed by atoms with E-state index in [9.17, 15) is 0 Å². The molecule has 0 amide bonds. The van der Waals surface area contributed by atoms with Crippen molar-refractivity contribution in [2.24, 2.45) is 0 Å². The van der Waals surface area contributed by atoms with Crippen LogP contribution in [0.5, 0.6) is 0 Å². The lowest BCUT2D eigenvalue weighted by Crippen LogP contribution is -2.10. The standard InChI is InChI=1S/C4H7ClOS3/c1-3(2)6-9(5)4(7)8/h3H,1-2H3/p+1. The van der Waals surface area contributed by atoms with Gasteiger partial charge in [-0.3, -0.25) is 0 Å². The van der Waals surface area contributed by atoms with Gasteiger partial charge in [0.15, 0.2) is 0 Å². The molecule has 0 heterocycles. The molecule has 54 valence electrons. The van der Waals surface area contributed by atoms with Crippen LogP contribution >= 0.6 is 35.5 Å². The molecule has 1 nitrogen and oxygen atoms in total. The molecular formula is C4H8ClOS3+. The lowest BCUT2D eigenvalue weighted by molar-refractivity contribution is 0.288. The molecule has 0 aliphatic rings. The molecule has 0 aliphatic heterocycles. The molecule has 0 aliphatic carbocycles. The maximum absolute atomic E-state index is 5.60. The Labute approximate surface area is 73.6 Å². The van der Waals surface area contributed by atoms with Crippen LogP contribution in [0.3, 0.4) is 0 Å². The van der Waals surface area contributed by atoms with E-state index in [2.05, 4.69) is 24.8 Å². The van der Waals surface area contributed by atoms with Crippen LogP contribution in [-0.4, -0.2) is 9.63 Å². The van der Waals surface area contributed by atoms with Gasteiger partial charge in [-0.25, -0.2) is 0 Å². The topological polar surface area (TPSA) is 9.23 Å². The molecule has 5 heteroatoms. The molecule has 1 unspecified atom stereocenters. The average Bonchev–Trinajstić information content (AvgIpc) is 1.63. The highest BCUT2D eigenvalue weighted by atomic mass is 35.7. The number of hydrogen-bond acceptors (Lipinski definition) is 2. The van der Waals surface area contributed by atoms with Crippen LogP contribution < -0.4 is 0 Å². The minimum atomic E-state index is -0.784. The summed E-state index contributed by atoms with van der Waals surface area (Å²) in [5.74, 6) is 0. The van der Waals surface area contributed by atoms with Crippen molar-refractivity contribution in [3.63, 3.8) is 0 Å². The van der Waals surface area contributed by atoms with Crippen molar-refractivity contribution in [3.8, 4) is 0 Å². The molecule has 0 fully saturated rings. The summed E-state index contributed by atoms with van der Waals surface area (Å²) in [5, 5.41) is 0. The molecule has 0 aromatic rings. The van der Waals surface area contributed by atoms with E-state index in [-0.39, 0.29) is 6.10 Å². The SMILES string of the molecule is CC(C)O[S+](Cl)C(=S)S. The first-order valence-corrected chi connectivity index (χ1v) is 5.17. The molecular weight excluding hydrogens is 196 g/mol. The Morgan fingerprint density at radius 2 is 2.22 bits per heavy atom. The molecule has 0 spiro atoms. The van der Waals surface area contributed by atoms with Gasteiger partial charge < -0.3 is 0 Å². The molecule has 0 aromatic carbocycles. The van der Waals surface area contributed by atoms with Crippen LogP contribution in [0, 0.1) is 0 Å². The van der Waals surface area contributed by atoms with E-state index in [1.165, 1.54) is 0 Å².